The maximum absolute atomic E-state index is 15.2. The summed E-state index contributed by atoms with van der Waals surface area (Å²) in [5.41, 5.74) is 1.10. The van der Waals surface area contributed by atoms with E-state index in [1.807, 2.05) is 32.9 Å². The minimum atomic E-state index is -1.31. The number of fused-ring (bicyclic) bond motifs is 1. The lowest BCUT2D eigenvalue weighted by Crippen LogP contribution is -2.51. The number of amides is 2. The summed E-state index contributed by atoms with van der Waals surface area (Å²) < 4.78 is 22.3. The van der Waals surface area contributed by atoms with Crippen LogP contribution in [0.3, 0.4) is 0 Å². The molecule has 1 aromatic heterocycles. The second-order valence-corrected chi connectivity index (χ2v) is 9.32. The molecule has 0 saturated carbocycles. The summed E-state index contributed by atoms with van der Waals surface area (Å²) in [6, 6.07) is 18.8. The van der Waals surface area contributed by atoms with Gasteiger partial charge in [0, 0.05) is 11.1 Å². The molecule has 3 aromatic carbocycles. The average Bonchev–Trinajstić information content (AvgIpc) is 3.30. The number of aromatic nitrogens is 3. The Morgan fingerprint density at radius 3 is 2.46 bits per heavy atom. The second kappa shape index (κ2) is 10.8. The Bertz CT molecular complexity index is 1420. The molecule has 4 aromatic rings. The first-order valence-corrected chi connectivity index (χ1v) is 12.1. The van der Waals surface area contributed by atoms with Crippen LogP contribution >= 0.6 is 0 Å². The van der Waals surface area contributed by atoms with Gasteiger partial charge in [-0.2, -0.15) is 0 Å². The minimum Gasteiger partial charge on any atom is -0.495 e. The molecule has 1 heterocycles. The minimum absolute atomic E-state index is 0.0645. The monoisotopic (exact) mass is 503 g/mol. The van der Waals surface area contributed by atoms with Crippen molar-refractivity contribution in [3.63, 3.8) is 0 Å². The highest BCUT2D eigenvalue weighted by molar-refractivity contribution is 6.02. The highest BCUT2D eigenvalue weighted by Crippen LogP contribution is 2.36. The van der Waals surface area contributed by atoms with E-state index in [0.29, 0.717) is 28.9 Å². The molecule has 0 saturated heterocycles. The van der Waals surface area contributed by atoms with E-state index in [9.17, 15) is 9.59 Å². The quantitative estimate of drug-likeness (QED) is 0.359. The van der Waals surface area contributed by atoms with Gasteiger partial charge < -0.3 is 10.1 Å². The Morgan fingerprint density at radius 2 is 1.73 bits per heavy atom. The van der Waals surface area contributed by atoms with Crippen LogP contribution in [-0.2, 0) is 16.1 Å². The maximum atomic E-state index is 15.2. The van der Waals surface area contributed by atoms with Gasteiger partial charge >= 0.3 is 0 Å². The van der Waals surface area contributed by atoms with E-state index >= 15 is 4.39 Å². The SMILES string of the molecule is CCC(C)(C)NC(=O)[C@@H](c1ccccc1F)N(C(=O)Cn1nnc2ccccc21)c1ccccc1OC. The Hall–Kier alpha value is -4.27. The van der Waals surface area contributed by atoms with E-state index in [0.717, 1.165) is 0 Å². The van der Waals surface area contributed by atoms with Gasteiger partial charge in [-0.1, -0.05) is 54.6 Å². The number of nitrogens with zero attached hydrogens (tertiary/aromatic N) is 4. The molecule has 2 amide bonds. The fourth-order valence-electron chi connectivity index (χ4n) is 4.07. The zero-order valence-electron chi connectivity index (χ0n) is 21.3. The van der Waals surface area contributed by atoms with Gasteiger partial charge in [-0.15, -0.1) is 5.10 Å². The van der Waals surface area contributed by atoms with E-state index < -0.39 is 29.2 Å². The summed E-state index contributed by atoms with van der Waals surface area (Å²) in [5.74, 6) is -1.24. The Kier molecular flexibility index (Phi) is 7.52. The summed E-state index contributed by atoms with van der Waals surface area (Å²) in [5, 5.41) is 11.2. The molecule has 0 spiro atoms. The third-order valence-electron chi connectivity index (χ3n) is 6.37. The molecular formula is C28H30FN5O3. The fraction of sp³-hybridized carbons (Fsp3) is 0.286. The van der Waals surface area contributed by atoms with Crippen molar-refractivity contribution in [2.24, 2.45) is 0 Å². The van der Waals surface area contributed by atoms with Crippen molar-refractivity contribution < 1.29 is 18.7 Å². The van der Waals surface area contributed by atoms with Crippen molar-refractivity contribution in [3.8, 4) is 5.75 Å². The van der Waals surface area contributed by atoms with E-state index in [2.05, 4.69) is 15.6 Å². The Labute approximate surface area is 215 Å². The number of hydrogen-bond donors (Lipinski definition) is 1. The van der Waals surface area contributed by atoms with Crippen molar-refractivity contribution in [3.05, 3.63) is 84.2 Å². The molecule has 0 fully saturated rings. The summed E-state index contributed by atoms with van der Waals surface area (Å²) >= 11 is 0. The van der Waals surface area contributed by atoms with E-state index in [4.69, 9.17) is 4.74 Å². The zero-order chi connectivity index (χ0) is 26.6. The van der Waals surface area contributed by atoms with E-state index in [-0.39, 0.29) is 12.1 Å². The lowest BCUT2D eigenvalue weighted by molar-refractivity contribution is -0.128. The van der Waals surface area contributed by atoms with Crippen LogP contribution in [0.5, 0.6) is 5.75 Å². The molecular weight excluding hydrogens is 473 g/mol. The molecule has 0 unspecified atom stereocenters. The lowest BCUT2D eigenvalue weighted by atomic mass is 9.97. The number of para-hydroxylation sites is 3. The highest BCUT2D eigenvalue weighted by atomic mass is 19.1. The predicted molar refractivity (Wildman–Crippen MR) is 140 cm³/mol. The number of carbonyl (C=O) groups excluding carboxylic acids is 2. The highest BCUT2D eigenvalue weighted by Gasteiger charge is 2.37. The zero-order valence-corrected chi connectivity index (χ0v) is 21.3. The number of carbonyl (C=O) groups is 2. The second-order valence-electron chi connectivity index (χ2n) is 9.32. The molecule has 0 aliphatic heterocycles. The first-order valence-electron chi connectivity index (χ1n) is 12.1. The molecule has 1 atom stereocenters. The molecule has 0 radical (unpaired) electrons. The maximum Gasteiger partial charge on any atom is 0.249 e. The van der Waals surface area contributed by atoms with Crippen molar-refractivity contribution in [1.82, 2.24) is 20.3 Å². The lowest BCUT2D eigenvalue weighted by Gasteiger charge is -2.35. The van der Waals surface area contributed by atoms with Crippen LogP contribution in [0.25, 0.3) is 11.0 Å². The van der Waals surface area contributed by atoms with Crippen LogP contribution in [0.4, 0.5) is 10.1 Å². The fourth-order valence-corrected chi connectivity index (χ4v) is 4.07. The molecule has 0 aliphatic rings. The number of nitrogens with one attached hydrogen (secondary N) is 1. The van der Waals surface area contributed by atoms with Crippen molar-refractivity contribution in [1.29, 1.82) is 0 Å². The van der Waals surface area contributed by atoms with Crippen molar-refractivity contribution in [2.45, 2.75) is 45.3 Å². The van der Waals surface area contributed by atoms with Crippen LogP contribution < -0.4 is 15.0 Å². The van der Waals surface area contributed by atoms with Crippen molar-refractivity contribution in [2.75, 3.05) is 12.0 Å². The van der Waals surface area contributed by atoms with Crippen LogP contribution in [0.1, 0.15) is 38.8 Å². The first kappa shape index (κ1) is 25.8. The third-order valence-corrected chi connectivity index (χ3v) is 6.37. The standard InChI is InChI=1S/C28H30FN5O3/c1-5-28(2,3)30-27(36)26(19-12-6-7-13-20(19)29)34(23-16-10-11-17-24(23)37-4)25(35)18-33-22-15-9-8-14-21(22)31-32-33/h6-17,26H,5,18H2,1-4H3,(H,30,36)/t26-/m1/s1. The average molecular weight is 504 g/mol. The van der Waals surface area contributed by atoms with Gasteiger partial charge in [0.25, 0.3) is 0 Å². The first-order chi connectivity index (χ1) is 17.8. The number of ether oxygens (including phenoxy) is 1. The molecule has 0 aliphatic carbocycles. The predicted octanol–water partition coefficient (Wildman–Crippen LogP) is 4.66. The Morgan fingerprint density at radius 1 is 1.05 bits per heavy atom. The molecule has 1 N–H and O–H groups in total. The third kappa shape index (κ3) is 5.45. The van der Waals surface area contributed by atoms with Gasteiger partial charge in [-0.3, -0.25) is 14.5 Å². The molecule has 192 valence electrons. The van der Waals surface area contributed by atoms with Gasteiger partial charge in [-0.05, 0) is 50.6 Å². The van der Waals surface area contributed by atoms with Crippen LogP contribution in [0, 0.1) is 5.82 Å². The molecule has 0 bridgehead atoms. The number of hydrogen-bond acceptors (Lipinski definition) is 5. The topological polar surface area (TPSA) is 89.4 Å². The summed E-state index contributed by atoms with van der Waals surface area (Å²) in [6.07, 6.45) is 0.635. The number of halogens is 1. The normalized spacial score (nSPS) is 12.2. The van der Waals surface area contributed by atoms with E-state index in [1.54, 1.807) is 48.5 Å². The number of rotatable bonds is 9. The Balaban J connectivity index is 1.87. The number of benzene rings is 3. The van der Waals surface area contributed by atoms with Crippen LogP contribution in [0.2, 0.25) is 0 Å². The molecule has 37 heavy (non-hydrogen) atoms. The summed E-state index contributed by atoms with van der Waals surface area (Å²) in [4.78, 5) is 29.2. The van der Waals surface area contributed by atoms with Gasteiger partial charge in [0.1, 0.15) is 29.7 Å². The van der Waals surface area contributed by atoms with Gasteiger partial charge in [0.15, 0.2) is 0 Å². The summed E-state index contributed by atoms with van der Waals surface area (Å²) in [7, 11) is 1.48. The van der Waals surface area contributed by atoms with Crippen molar-refractivity contribution >= 4 is 28.5 Å². The molecule has 4 rings (SSSR count). The van der Waals surface area contributed by atoms with Gasteiger partial charge in [0.2, 0.25) is 11.8 Å². The van der Waals surface area contributed by atoms with Crippen LogP contribution in [-0.4, -0.2) is 39.5 Å². The summed E-state index contributed by atoms with van der Waals surface area (Å²) in [6.45, 7) is 5.46. The number of methoxy groups -OCH3 is 1. The molecule has 8 nitrogen and oxygen atoms in total. The van der Waals surface area contributed by atoms with Gasteiger partial charge in [0.05, 0.1) is 18.3 Å². The van der Waals surface area contributed by atoms with Crippen LogP contribution in [0.15, 0.2) is 72.8 Å². The van der Waals surface area contributed by atoms with E-state index in [1.165, 1.54) is 28.8 Å². The van der Waals surface area contributed by atoms with Gasteiger partial charge in [-0.25, -0.2) is 9.07 Å². The largest absolute Gasteiger partial charge is 0.495 e. The molecule has 9 heteroatoms. The number of anilines is 1. The smallest absolute Gasteiger partial charge is 0.249 e.